The number of alkyl halides is 2. The van der Waals surface area contributed by atoms with Crippen LogP contribution >= 0.6 is 0 Å². The van der Waals surface area contributed by atoms with Gasteiger partial charge in [0.05, 0.1) is 31.6 Å². The number of halogens is 4. The van der Waals surface area contributed by atoms with Crippen LogP contribution in [0.3, 0.4) is 0 Å². The van der Waals surface area contributed by atoms with Crippen LogP contribution in [0.25, 0.3) is 0 Å². The molecule has 1 atom stereocenters. The van der Waals surface area contributed by atoms with Gasteiger partial charge in [-0.05, 0) is 6.92 Å². The van der Waals surface area contributed by atoms with Gasteiger partial charge in [0.1, 0.15) is 18.3 Å². The molecule has 1 N–H and O–H groups in total. The van der Waals surface area contributed by atoms with Crippen LogP contribution in [0.15, 0.2) is 24.5 Å². The molecule has 1 aliphatic heterocycles. The lowest BCUT2D eigenvalue weighted by Gasteiger charge is -2.26. The zero-order valence-corrected chi connectivity index (χ0v) is 19.9. The molecule has 1 saturated heterocycles. The first-order valence-electron chi connectivity index (χ1n) is 11.1. The summed E-state index contributed by atoms with van der Waals surface area (Å²) >= 11 is 0. The SMILES string of the molecule is CCN(CCON(C)C(=O)Cn1ccnn1)c1c(F)cc(N2C[C@H](CNC(=O)C(F)F)OC2=O)cc1F. The molecule has 12 nitrogen and oxygen atoms in total. The van der Waals surface area contributed by atoms with Crippen LogP contribution < -0.4 is 15.1 Å². The van der Waals surface area contributed by atoms with E-state index < -0.39 is 42.1 Å². The molecule has 0 spiro atoms. The van der Waals surface area contributed by atoms with Crippen LogP contribution in [0, 0.1) is 11.6 Å². The summed E-state index contributed by atoms with van der Waals surface area (Å²) in [6, 6.07) is 1.88. The quantitative estimate of drug-likeness (QED) is 0.320. The fourth-order valence-corrected chi connectivity index (χ4v) is 3.48. The normalized spacial score (nSPS) is 15.2. The summed E-state index contributed by atoms with van der Waals surface area (Å²) in [6.07, 6.45) is -2.22. The predicted molar refractivity (Wildman–Crippen MR) is 120 cm³/mol. The third-order valence-corrected chi connectivity index (χ3v) is 5.35. The van der Waals surface area contributed by atoms with E-state index in [-0.39, 0.29) is 50.7 Å². The molecule has 1 aromatic carbocycles. The molecule has 202 valence electrons. The highest BCUT2D eigenvalue weighted by molar-refractivity contribution is 5.90. The van der Waals surface area contributed by atoms with Crippen molar-refractivity contribution in [2.24, 2.45) is 0 Å². The van der Waals surface area contributed by atoms with Crippen LogP contribution in [0.2, 0.25) is 0 Å². The van der Waals surface area contributed by atoms with Gasteiger partial charge in [-0.15, -0.1) is 5.10 Å². The van der Waals surface area contributed by atoms with E-state index >= 15 is 0 Å². The van der Waals surface area contributed by atoms with Crippen molar-refractivity contribution >= 4 is 29.3 Å². The largest absolute Gasteiger partial charge is 0.442 e. The first kappa shape index (κ1) is 27.6. The molecule has 2 aromatic rings. The second kappa shape index (κ2) is 12.3. The molecule has 0 unspecified atom stereocenters. The molecule has 3 rings (SSSR count). The van der Waals surface area contributed by atoms with Gasteiger partial charge >= 0.3 is 12.5 Å². The summed E-state index contributed by atoms with van der Waals surface area (Å²) in [4.78, 5) is 42.9. The number of carbonyl (C=O) groups is 3. The number of nitrogens with zero attached hydrogens (tertiary/aromatic N) is 6. The Kier molecular flexibility index (Phi) is 9.21. The van der Waals surface area contributed by atoms with Crippen molar-refractivity contribution in [2.75, 3.05) is 49.6 Å². The number of anilines is 2. The van der Waals surface area contributed by atoms with Gasteiger partial charge in [0, 0.05) is 38.5 Å². The minimum Gasteiger partial charge on any atom is -0.442 e. The van der Waals surface area contributed by atoms with Gasteiger partial charge in [-0.1, -0.05) is 5.21 Å². The van der Waals surface area contributed by atoms with Gasteiger partial charge in [-0.25, -0.2) is 23.3 Å². The average Bonchev–Trinajstić information content (AvgIpc) is 3.49. The fourth-order valence-electron chi connectivity index (χ4n) is 3.48. The van der Waals surface area contributed by atoms with Crippen molar-refractivity contribution in [3.05, 3.63) is 36.2 Å². The van der Waals surface area contributed by atoms with Crippen molar-refractivity contribution in [3.8, 4) is 0 Å². The van der Waals surface area contributed by atoms with Crippen molar-refractivity contribution in [2.45, 2.75) is 26.0 Å². The second-order valence-corrected chi connectivity index (χ2v) is 7.82. The molecule has 1 aromatic heterocycles. The molecule has 0 aliphatic carbocycles. The van der Waals surface area contributed by atoms with E-state index in [1.807, 2.05) is 5.32 Å². The average molecular weight is 531 g/mol. The number of amides is 3. The number of carbonyl (C=O) groups excluding carboxylic acids is 3. The summed E-state index contributed by atoms with van der Waals surface area (Å²) in [7, 11) is 1.40. The molecule has 1 aliphatic rings. The Morgan fingerprint density at radius 1 is 1.30 bits per heavy atom. The van der Waals surface area contributed by atoms with Crippen molar-refractivity contribution in [3.63, 3.8) is 0 Å². The maximum atomic E-state index is 15.0. The number of ether oxygens (including phenoxy) is 1. The minimum absolute atomic E-state index is 0.0301. The van der Waals surface area contributed by atoms with E-state index in [0.717, 1.165) is 22.1 Å². The highest BCUT2D eigenvalue weighted by Gasteiger charge is 2.34. The van der Waals surface area contributed by atoms with E-state index in [2.05, 4.69) is 10.3 Å². The summed E-state index contributed by atoms with van der Waals surface area (Å²) in [5.74, 6) is -3.87. The Labute approximate surface area is 208 Å². The van der Waals surface area contributed by atoms with Crippen LogP contribution in [-0.4, -0.2) is 90.3 Å². The minimum atomic E-state index is -3.23. The zero-order chi connectivity index (χ0) is 27.1. The smallest absolute Gasteiger partial charge is 0.414 e. The van der Waals surface area contributed by atoms with Crippen molar-refractivity contribution < 1.29 is 41.5 Å². The monoisotopic (exact) mass is 531 g/mol. The summed E-state index contributed by atoms with van der Waals surface area (Å²) in [5.41, 5.74) is -0.503. The number of cyclic esters (lactones) is 1. The molecule has 3 amide bonds. The van der Waals surface area contributed by atoms with E-state index in [1.54, 1.807) is 6.92 Å². The summed E-state index contributed by atoms with van der Waals surface area (Å²) in [6.45, 7) is 1.14. The number of likely N-dealkylation sites (N-methyl/N-ethyl adjacent to an activating group) is 2. The fraction of sp³-hybridized carbons (Fsp3) is 0.476. The second-order valence-electron chi connectivity index (χ2n) is 7.82. The van der Waals surface area contributed by atoms with Crippen molar-refractivity contribution in [1.29, 1.82) is 0 Å². The van der Waals surface area contributed by atoms with E-state index in [9.17, 15) is 31.9 Å². The molecule has 2 heterocycles. The topological polar surface area (TPSA) is 122 Å². The van der Waals surface area contributed by atoms with Gasteiger partial charge in [0.25, 0.3) is 11.8 Å². The van der Waals surface area contributed by atoms with Gasteiger partial charge in [-0.2, -0.15) is 8.78 Å². The van der Waals surface area contributed by atoms with Gasteiger partial charge in [-0.3, -0.25) is 19.3 Å². The molecule has 16 heteroatoms. The lowest BCUT2D eigenvalue weighted by Crippen LogP contribution is -2.37. The first-order chi connectivity index (χ1) is 17.6. The van der Waals surface area contributed by atoms with Gasteiger partial charge < -0.3 is 15.0 Å². The Morgan fingerprint density at radius 3 is 2.59 bits per heavy atom. The number of rotatable bonds is 12. The predicted octanol–water partition coefficient (Wildman–Crippen LogP) is 1.18. The van der Waals surface area contributed by atoms with E-state index in [1.165, 1.54) is 29.0 Å². The first-order valence-corrected chi connectivity index (χ1v) is 11.1. The Balaban J connectivity index is 1.59. The van der Waals surface area contributed by atoms with Crippen LogP contribution in [0.1, 0.15) is 6.92 Å². The number of benzene rings is 1. The molecular formula is C21H25F4N7O5. The van der Waals surface area contributed by atoms with E-state index in [4.69, 9.17) is 9.57 Å². The molecule has 0 saturated carbocycles. The summed E-state index contributed by atoms with van der Waals surface area (Å²) < 4.78 is 60.9. The molecular weight excluding hydrogens is 506 g/mol. The molecule has 0 bridgehead atoms. The van der Waals surface area contributed by atoms with Gasteiger partial charge in [0.2, 0.25) is 0 Å². The highest BCUT2D eigenvalue weighted by atomic mass is 19.3. The number of hydroxylamine groups is 2. The number of hydrogen-bond donors (Lipinski definition) is 1. The van der Waals surface area contributed by atoms with Crippen LogP contribution in [-0.2, 0) is 25.7 Å². The van der Waals surface area contributed by atoms with E-state index in [0.29, 0.717) is 0 Å². The standard InChI is InChI=1S/C21H25F4N7O5/c1-3-30(6-7-36-29(2)17(33)12-31-5-4-27-28-31)18-15(22)8-13(9-16(18)23)32-11-14(37-21(32)35)10-26-20(34)19(24)25/h4-5,8-9,14,19H,3,6-7,10-12H2,1-2H3,(H,26,34)/t14-/m0/s1. The van der Waals surface area contributed by atoms with Crippen LogP contribution in [0.4, 0.5) is 33.7 Å². The highest BCUT2D eigenvalue weighted by Crippen LogP contribution is 2.31. The maximum Gasteiger partial charge on any atom is 0.414 e. The Bertz CT molecular complexity index is 1080. The van der Waals surface area contributed by atoms with Gasteiger partial charge in [0.15, 0.2) is 11.6 Å². The third-order valence-electron chi connectivity index (χ3n) is 5.35. The molecule has 0 radical (unpaired) electrons. The lowest BCUT2D eigenvalue weighted by molar-refractivity contribution is -0.178. The third kappa shape index (κ3) is 7.05. The Morgan fingerprint density at radius 2 is 2.00 bits per heavy atom. The van der Waals surface area contributed by atoms with Crippen molar-refractivity contribution in [1.82, 2.24) is 25.4 Å². The van der Waals surface area contributed by atoms with Crippen LogP contribution in [0.5, 0.6) is 0 Å². The lowest BCUT2D eigenvalue weighted by atomic mass is 10.2. The zero-order valence-electron chi connectivity index (χ0n) is 19.9. The number of hydrogen-bond acceptors (Lipinski definition) is 8. The maximum absolute atomic E-state index is 15.0. The Hall–Kier alpha value is -3.95. The number of aromatic nitrogens is 3. The molecule has 1 fully saturated rings. The summed E-state index contributed by atoms with van der Waals surface area (Å²) in [5, 5.41) is 10.2. The molecule has 37 heavy (non-hydrogen) atoms. The number of nitrogens with one attached hydrogen (secondary N) is 1.